The number of hydrogen-bond donors (Lipinski definition) is 0. The van der Waals surface area contributed by atoms with Crippen molar-refractivity contribution >= 4 is 15.7 Å². The summed E-state index contributed by atoms with van der Waals surface area (Å²) in [5, 5.41) is 0. The van der Waals surface area contributed by atoms with E-state index in [4.69, 9.17) is 0 Å². The molecule has 1 saturated heterocycles. The Morgan fingerprint density at radius 3 is 2.65 bits per heavy atom. The van der Waals surface area contributed by atoms with Crippen LogP contribution in [0.25, 0.3) is 0 Å². The van der Waals surface area contributed by atoms with Gasteiger partial charge in [-0.25, -0.2) is 8.42 Å². The first-order chi connectivity index (χ1) is 9.53. The summed E-state index contributed by atoms with van der Waals surface area (Å²) in [6.07, 6.45) is 10.2. The number of amides is 1. The summed E-state index contributed by atoms with van der Waals surface area (Å²) in [7, 11) is -3.31. The lowest BCUT2D eigenvalue weighted by molar-refractivity contribution is -0.134. The quantitative estimate of drug-likeness (QED) is 0.748. The molecule has 0 aromatic carbocycles. The number of rotatable bonds is 4. The van der Waals surface area contributed by atoms with Crippen molar-refractivity contribution in [1.29, 1.82) is 0 Å². The Morgan fingerprint density at radius 2 is 1.90 bits per heavy atom. The normalized spacial score (nSPS) is 27.6. The van der Waals surface area contributed by atoms with Gasteiger partial charge in [-0.2, -0.15) is 0 Å². The van der Waals surface area contributed by atoms with Crippen molar-refractivity contribution in [3.8, 4) is 0 Å². The minimum atomic E-state index is -3.31. The number of carbonyl (C=O) groups excluding carboxylic acids is 1. The second-order valence-electron chi connectivity index (χ2n) is 5.96. The third-order valence-electron chi connectivity index (χ3n) is 4.49. The van der Waals surface area contributed by atoms with Gasteiger partial charge in [-0.15, -0.1) is 0 Å². The molecule has 2 fully saturated rings. The molecule has 1 amide bonds. The van der Waals surface area contributed by atoms with E-state index in [1.807, 2.05) is 4.90 Å². The standard InChI is InChI=1S/C15H25NO3S/c1-2-3-11-20(18,19)12-15(17)16-10-6-8-13-7-4-5-9-14(13)16/h2-3,13-14H,4-12H2,1H3/b3-2+. The highest BCUT2D eigenvalue weighted by Gasteiger charge is 2.36. The molecule has 0 aromatic rings. The van der Waals surface area contributed by atoms with E-state index in [0.717, 1.165) is 25.8 Å². The summed E-state index contributed by atoms with van der Waals surface area (Å²) < 4.78 is 23.8. The fourth-order valence-electron chi connectivity index (χ4n) is 3.51. The van der Waals surface area contributed by atoms with Crippen LogP contribution in [0.3, 0.4) is 0 Å². The maximum Gasteiger partial charge on any atom is 0.238 e. The molecule has 2 rings (SSSR count). The molecular formula is C15H25NO3S. The molecular weight excluding hydrogens is 274 g/mol. The van der Waals surface area contributed by atoms with Gasteiger partial charge >= 0.3 is 0 Å². The zero-order valence-electron chi connectivity index (χ0n) is 12.3. The molecule has 5 heteroatoms. The van der Waals surface area contributed by atoms with Gasteiger partial charge < -0.3 is 4.90 Å². The van der Waals surface area contributed by atoms with Crippen LogP contribution in [0.2, 0.25) is 0 Å². The van der Waals surface area contributed by atoms with Crippen LogP contribution in [-0.4, -0.2) is 43.3 Å². The molecule has 0 spiro atoms. The minimum Gasteiger partial charge on any atom is -0.339 e. The number of hydrogen-bond acceptors (Lipinski definition) is 3. The second kappa shape index (κ2) is 6.74. The molecule has 0 N–H and O–H groups in total. The summed E-state index contributed by atoms with van der Waals surface area (Å²) in [6, 6.07) is 0.293. The first kappa shape index (κ1) is 15.5. The topological polar surface area (TPSA) is 54.5 Å². The van der Waals surface area contributed by atoms with Crippen LogP contribution < -0.4 is 0 Å². The van der Waals surface area contributed by atoms with E-state index < -0.39 is 9.84 Å². The van der Waals surface area contributed by atoms with E-state index in [0.29, 0.717) is 12.0 Å². The Balaban J connectivity index is 2.00. The van der Waals surface area contributed by atoms with Crippen molar-refractivity contribution in [2.45, 2.75) is 51.5 Å². The van der Waals surface area contributed by atoms with Gasteiger partial charge in [-0.1, -0.05) is 25.0 Å². The number of allylic oxidation sites excluding steroid dienone is 1. The summed E-state index contributed by atoms with van der Waals surface area (Å²) >= 11 is 0. The molecule has 1 heterocycles. The number of carbonyl (C=O) groups is 1. The first-order valence-electron chi connectivity index (χ1n) is 7.64. The van der Waals surface area contributed by atoms with Gasteiger partial charge in [0.25, 0.3) is 0 Å². The molecule has 0 aromatic heterocycles. The zero-order chi connectivity index (χ0) is 14.6. The Hall–Kier alpha value is -0.840. The Labute approximate surface area is 122 Å². The minimum absolute atomic E-state index is 0.0306. The molecule has 2 atom stereocenters. The summed E-state index contributed by atoms with van der Waals surface area (Å²) in [4.78, 5) is 14.2. The monoisotopic (exact) mass is 299 g/mol. The largest absolute Gasteiger partial charge is 0.339 e. The smallest absolute Gasteiger partial charge is 0.238 e. The van der Waals surface area contributed by atoms with Crippen molar-refractivity contribution in [3.05, 3.63) is 12.2 Å². The molecule has 4 nitrogen and oxygen atoms in total. The van der Waals surface area contributed by atoms with E-state index >= 15 is 0 Å². The van der Waals surface area contributed by atoms with Crippen LogP contribution >= 0.6 is 0 Å². The van der Waals surface area contributed by atoms with Crippen LogP contribution in [0.1, 0.15) is 45.4 Å². The Kier molecular flexibility index (Phi) is 5.24. The van der Waals surface area contributed by atoms with Gasteiger partial charge in [0.1, 0.15) is 5.75 Å². The summed E-state index contributed by atoms with van der Waals surface area (Å²) in [5.74, 6) is 0.0448. The number of likely N-dealkylation sites (tertiary alicyclic amines) is 1. The van der Waals surface area contributed by atoms with Crippen LogP contribution in [0.4, 0.5) is 0 Å². The summed E-state index contributed by atoms with van der Waals surface area (Å²) in [5.41, 5.74) is 0. The Bertz CT molecular complexity index is 468. The maximum atomic E-state index is 12.4. The van der Waals surface area contributed by atoms with Crippen LogP contribution in [0.5, 0.6) is 0 Å². The summed E-state index contributed by atoms with van der Waals surface area (Å²) in [6.45, 7) is 2.52. The lowest BCUT2D eigenvalue weighted by Crippen LogP contribution is -2.51. The average molecular weight is 299 g/mol. The highest BCUT2D eigenvalue weighted by atomic mass is 32.2. The number of nitrogens with zero attached hydrogens (tertiary/aromatic N) is 1. The molecule has 2 unspecified atom stereocenters. The van der Waals surface area contributed by atoms with Gasteiger partial charge in [-0.05, 0) is 38.5 Å². The van der Waals surface area contributed by atoms with Crippen molar-refractivity contribution in [2.24, 2.45) is 5.92 Å². The van der Waals surface area contributed by atoms with E-state index in [9.17, 15) is 13.2 Å². The van der Waals surface area contributed by atoms with Crippen molar-refractivity contribution in [1.82, 2.24) is 4.90 Å². The molecule has 0 radical (unpaired) electrons. The predicted octanol–water partition coefficient (Wildman–Crippen LogP) is 2.16. The number of fused-ring (bicyclic) bond motifs is 1. The predicted molar refractivity (Wildman–Crippen MR) is 80.2 cm³/mol. The lowest BCUT2D eigenvalue weighted by atomic mass is 9.78. The van der Waals surface area contributed by atoms with Gasteiger partial charge in [0.15, 0.2) is 9.84 Å². The van der Waals surface area contributed by atoms with Gasteiger partial charge in [0.2, 0.25) is 5.91 Å². The van der Waals surface area contributed by atoms with Gasteiger partial charge in [0.05, 0.1) is 5.75 Å². The van der Waals surface area contributed by atoms with E-state index in [1.54, 1.807) is 19.1 Å². The fraction of sp³-hybridized carbons (Fsp3) is 0.800. The van der Waals surface area contributed by atoms with Gasteiger partial charge in [-0.3, -0.25) is 4.79 Å². The lowest BCUT2D eigenvalue weighted by Gasteiger charge is -2.44. The maximum absolute atomic E-state index is 12.4. The third-order valence-corrected chi connectivity index (χ3v) is 5.88. The van der Waals surface area contributed by atoms with Crippen LogP contribution in [0.15, 0.2) is 12.2 Å². The first-order valence-corrected chi connectivity index (χ1v) is 9.46. The Morgan fingerprint density at radius 1 is 1.20 bits per heavy atom. The van der Waals surface area contributed by atoms with E-state index in [2.05, 4.69) is 0 Å². The highest BCUT2D eigenvalue weighted by molar-refractivity contribution is 7.92. The van der Waals surface area contributed by atoms with E-state index in [-0.39, 0.29) is 17.4 Å². The number of piperidine rings is 1. The average Bonchev–Trinajstić information content (AvgIpc) is 2.44. The fourth-order valence-corrected chi connectivity index (χ4v) is 4.65. The third kappa shape index (κ3) is 3.84. The molecule has 1 saturated carbocycles. The highest BCUT2D eigenvalue weighted by Crippen LogP contribution is 2.35. The second-order valence-corrected chi connectivity index (χ2v) is 8.07. The van der Waals surface area contributed by atoms with Gasteiger partial charge in [0, 0.05) is 12.6 Å². The molecule has 1 aliphatic heterocycles. The number of sulfone groups is 1. The van der Waals surface area contributed by atoms with Crippen molar-refractivity contribution < 1.29 is 13.2 Å². The molecule has 2 aliphatic rings. The zero-order valence-corrected chi connectivity index (χ0v) is 13.1. The van der Waals surface area contributed by atoms with Crippen molar-refractivity contribution in [2.75, 3.05) is 18.1 Å². The van der Waals surface area contributed by atoms with E-state index in [1.165, 1.54) is 19.3 Å². The van der Waals surface area contributed by atoms with Crippen molar-refractivity contribution in [3.63, 3.8) is 0 Å². The van der Waals surface area contributed by atoms with Crippen LogP contribution in [-0.2, 0) is 14.6 Å². The molecule has 114 valence electrons. The molecule has 1 aliphatic carbocycles. The SMILES string of the molecule is C/C=C/CS(=O)(=O)CC(=O)N1CCCC2CCCCC21. The van der Waals surface area contributed by atoms with Crippen LogP contribution in [0, 0.1) is 5.92 Å². The molecule has 20 heavy (non-hydrogen) atoms. The molecule has 0 bridgehead atoms.